The van der Waals surface area contributed by atoms with Crippen LogP contribution in [0, 0.1) is 17.2 Å². The Labute approximate surface area is 114 Å². The number of nitrogens with two attached hydrogens (primary N) is 1. The first-order chi connectivity index (χ1) is 9.19. The van der Waals surface area contributed by atoms with Gasteiger partial charge in [0, 0.05) is 24.8 Å². The maximum Gasteiger partial charge on any atom is 0.146 e. The first kappa shape index (κ1) is 12.4. The van der Waals surface area contributed by atoms with Gasteiger partial charge in [-0.1, -0.05) is 0 Å². The van der Waals surface area contributed by atoms with Crippen LogP contribution in [-0.4, -0.2) is 24.1 Å². The summed E-state index contributed by atoms with van der Waals surface area (Å²) in [5.74, 6) is 1.40. The van der Waals surface area contributed by atoms with Gasteiger partial charge in [0.2, 0.25) is 0 Å². The third-order valence-electron chi connectivity index (χ3n) is 4.42. The molecule has 2 atom stereocenters. The molecule has 0 radical (unpaired) electrons. The van der Waals surface area contributed by atoms with Crippen molar-refractivity contribution in [2.24, 2.45) is 11.7 Å². The Hall–Kier alpha value is -1.60. The van der Waals surface area contributed by atoms with Crippen molar-refractivity contribution < 1.29 is 0 Å². The number of hydrogen-bond donors (Lipinski definition) is 1. The Kier molecular flexibility index (Phi) is 3.16. The summed E-state index contributed by atoms with van der Waals surface area (Å²) in [6.45, 7) is 3.96. The van der Waals surface area contributed by atoms with Crippen LogP contribution in [0.5, 0.6) is 0 Å². The number of aromatic nitrogens is 1. The monoisotopic (exact) mass is 256 g/mol. The summed E-state index contributed by atoms with van der Waals surface area (Å²) in [7, 11) is 0. The minimum atomic E-state index is 0.213. The SMILES string of the molecule is CC(N)C1CCN(c2nc3c(cc2C#N)CCC3)C1. The molecule has 100 valence electrons. The molecule has 1 fully saturated rings. The van der Waals surface area contributed by atoms with Crippen molar-refractivity contribution in [3.8, 4) is 6.07 Å². The van der Waals surface area contributed by atoms with Crippen molar-refractivity contribution in [3.63, 3.8) is 0 Å². The highest BCUT2D eigenvalue weighted by molar-refractivity contribution is 5.57. The Bertz CT molecular complexity index is 530. The molecule has 1 aliphatic carbocycles. The molecule has 2 unspecified atom stereocenters. The lowest BCUT2D eigenvalue weighted by Crippen LogP contribution is -2.30. The minimum Gasteiger partial charge on any atom is -0.355 e. The molecule has 2 aliphatic rings. The first-order valence-electron chi connectivity index (χ1n) is 7.12. The highest BCUT2D eigenvalue weighted by Gasteiger charge is 2.28. The molecule has 4 nitrogen and oxygen atoms in total. The number of nitriles is 1. The van der Waals surface area contributed by atoms with Crippen LogP contribution in [0.25, 0.3) is 0 Å². The number of pyridine rings is 1. The summed E-state index contributed by atoms with van der Waals surface area (Å²) in [4.78, 5) is 7.00. The van der Waals surface area contributed by atoms with Gasteiger partial charge in [0.05, 0.1) is 5.56 Å². The maximum absolute atomic E-state index is 9.34. The second-order valence-electron chi connectivity index (χ2n) is 5.78. The van der Waals surface area contributed by atoms with Gasteiger partial charge in [0.1, 0.15) is 11.9 Å². The van der Waals surface area contributed by atoms with E-state index in [0.717, 1.165) is 43.7 Å². The predicted octanol–water partition coefficient (Wildman–Crippen LogP) is 1.62. The predicted molar refractivity (Wildman–Crippen MR) is 74.9 cm³/mol. The number of hydrogen-bond acceptors (Lipinski definition) is 4. The van der Waals surface area contributed by atoms with Crippen molar-refractivity contribution in [2.75, 3.05) is 18.0 Å². The fraction of sp³-hybridized carbons (Fsp3) is 0.600. The number of anilines is 1. The molecule has 0 aromatic carbocycles. The zero-order valence-electron chi connectivity index (χ0n) is 11.4. The lowest BCUT2D eigenvalue weighted by molar-refractivity contribution is 0.488. The Morgan fingerprint density at radius 1 is 1.53 bits per heavy atom. The average molecular weight is 256 g/mol. The van der Waals surface area contributed by atoms with Gasteiger partial charge in [-0.25, -0.2) is 4.98 Å². The van der Waals surface area contributed by atoms with Gasteiger partial charge in [-0.15, -0.1) is 0 Å². The average Bonchev–Trinajstić information content (AvgIpc) is 3.05. The highest BCUT2D eigenvalue weighted by atomic mass is 15.2. The summed E-state index contributed by atoms with van der Waals surface area (Å²) in [5, 5.41) is 9.34. The van der Waals surface area contributed by atoms with E-state index in [9.17, 15) is 5.26 Å². The molecule has 0 spiro atoms. The molecule has 1 aromatic rings. The molecule has 0 saturated carbocycles. The van der Waals surface area contributed by atoms with Crippen LogP contribution in [-0.2, 0) is 12.8 Å². The Balaban J connectivity index is 1.91. The minimum absolute atomic E-state index is 0.213. The maximum atomic E-state index is 9.34. The van der Waals surface area contributed by atoms with Gasteiger partial charge < -0.3 is 10.6 Å². The van der Waals surface area contributed by atoms with Gasteiger partial charge in [-0.3, -0.25) is 0 Å². The highest BCUT2D eigenvalue weighted by Crippen LogP contribution is 2.30. The van der Waals surface area contributed by atoms with Crippen LogP contribution >= 0.6 is 0 Å². The molecular weight excluding hydrogens is 236 g/mol. The first-order valence-corrected chi connectivity index (χ1v) is 7.12. The second-order valence-corrected chi connectivity index (χ2v) is 5.78. The van der Waals surface area contributed by atoms with Crippen LogP contribution in [0.1, 0.15) is 36.6 Å². The van der Waals surface area contributed by atoms with Gasteiger partial charge in [0.25, 0.3) is 0 Å². The smallest absolute Gasteiger partial charge is 0.146 e. The zero-order valence-corrected chi connectivity index (χ0v) is 11.4. The Morgan fingerprint density at radius 2 is 2.37 bits per heavy atom. The van der Waals surface area contributed by atoms with Gasteiger partial charge in [-0.2, -0.15) is 5.26 Å². The number of fused-ring (bicyclic) bond motifs is 1. The van der Waals surface area contributed by atoms with Crippen LogP contribution in [0.2, 0.25) is 0 Å². The van der Waals surface area contributed by atoms with Crippen LogP contribution in [0.3, 0.4) is 0 Å². The Morgan fingerprint density at radius 3 is 3.05 bits per heavy atom. The van der Waals surface area contributed by atoms with E-state index in [1.165, 1.54) is 17.7 Å². The summed E-state index contributed by atoms with van der Waals surface area (Å²) < 4.78 is 0. The summed E-state index contributed by atoms with van der Waals surface area (Å²) >= 11 is 0. The van der Waals surface area contributed by atoms with Crippen molar-refractivity contribution in [1.29, 1.82) is 5.26 Å². The molecule has 1 aliphatic heterocycles. The second kappa shape index (κ2) is 4.82. The van der Waals surface area contributed by atoms with Crippen molar-refractivity contribution in [1.82, 2.24) is 4.98 Å². The largest absolute Gasteiger partial charge is 0.355 e. The van der Waals surface area contributed by atoms with E-state index >= 15 is 0 Å². The van der Waals surface area contributed by atoms with E-state index < -0.39 is 0 Å². The molecule has 1 saturated heterocycles. The summed E-state index contributed by atoms with van der Waals surface area (Å²) in [6, 6.07) is 4.57. The van der Waals surface area contributed by atoms with Gasteiger partial charge in [0.15, 0.2) is 0 Å². The van der Waals surface area contributed by atoms with Gasteiger partial charge in [-0.05, 0) is 50.2 Å². The van der Waals surface area contributed by atoms with Gasteiger partial charge >= 0.3 is 0 Å². The van der Waals surface area contributed by atoms with Crippen LogP contribution in [0.15, 0.2) is 6.07 Å². The quantitative estimate of drug-likeness (QED) is 0.873. The van der Waals surface area contributed by atoms with E-state index in [4.69, 9.17) is 10.7 Å². The molecular formula is C15H20N4. The van der Waals surface area contributed by atoms with E-state index in [1.807, 2.05) is 6.07 Å². The summed E-state index contributed by atoms with van der Waals surface area (Å²) in [5.41, 5.74) is 9.17. The molecule has 2 heterocycles. The fourth-order valence-electron chi connectivity index (χ4n) is 3.19. The third kappa shape index (κ3) is 2.19. The topological polar surface area (TPSA) is 65.9 Å². The number of aryl methyl sites for hydroxylation is 2. The van der Waals surface area contributed by atoms with E-state index in [2.05, 4.69) is 17.9 Å². The molecule has 0 bridgehead atoms. The molecule has 3 rings (SSSR count). The number of nitrogens with zero attached hydrogens (tertiary/aromatic N) is 3. The van der Waals surface area contributed by atoms with Crippen molar-refractivity contribution >= 4 is 5.82 Å². The zero-order chi connectivity index (χ0) is 13.4. The molecule has 19 heavy (non-hydrogen) atoms. The van der Waals surface area contributed by atoms with E-state index in [1.54, 1.807) is 0 Å². The lowest BCUT2D eigenvalue weighted by Gasteiger charge is -2.21. The third-order valence-corrected chi connectivity index (χ3v) is 4.42. The number of rotatable bonds is 2. The standard InChI is InChI=1S/C15H20N4/c1-10(17)12-5-6-19(9-12)15-13(8-16)7-11-3-2-4-14(11)18-15/h7,10,12H,2-6,9,17H2,1H3. The van der Waals surface area contributed by atoms with E-state index in [0.29, 0.717) is 5.92 Å². The van der Waals surface area contributed by atoms with Crippen LogP contribution < -0.4 is 10.6 Å². The van der Waals surface area contributed by atoms with Crippen molar-refractivity contribution in [3.05, 3.63) is 22.9 Å². The molecule has 0 amide bonds. The summed E-state index contributed by atoms with van der Waals surface area (Å²) in [6.07, 6.45) is 4.39. The lowest BCUT2D eigenvalue weighted by atomic mass is 10.0. The molecule has 1 aromatic heterocycles. The molecule has 4 heteroatoms. The normalized spacial score (nSPS) is 23.2. The van der Waals surface area contributed by atoms with E-state index in [-0.39, 0.29) is 6.04 Å². The van der Waals surface area contributed by atoms with Crippen molar-refractivity contribution in [2.45, 2.75) is 38.6 Å². The van der Waals surface area contributed by atoms with Crippen LogP contribution in [0.4, 0.5) is 5.82 Å². The fourth-order valence-corrected chi connectivity index (χ4v) is 3.19. The molecule has 2 N–H and O–H groups in total.